The van der Waals surface area contributed by atoms with E-state index in [1.165, 1.54) is 18.9 Å². The number of aryl methyl sites for hydroxylation is 1. The van der Waals surface area contributed by atoms with E-state index in [9.17, 15) is 4.39 Å². The lowest BCUT2D eigenvalue weighted by molar-refractivity contribution is 0.495. The van der Waals surface area contributed by atoms with E-state index in [0.29, 0.717) is 11.5 Å². The maximum Gasteiger partial charge on any atom is 0.126 e. The molecule has 1 aliphatic rings. The van der Waals surface area contributed by atoms with Gasteiger partial charge in [0.25, 0.3) is 0 Å². The summed E-state index contributed by atoms with van der Waals surface area (Å²) in [5, 5.41) is 0. The zero-order valence-corrected chi connectivity index (χ0v) is 8.26. The number of rotatable bonds is 3. The van der Waals surface area contributed by atoms with E-state index < -0.39 is 0 Å². The molecule has 1 unspecified atom stereocenters. The van der Waals surface area contributed by atoms with Crippen molar-refractivity contribution >= 4 is 0 Å². The van der Waals surface area contributed by atoms with Gasteiger partial charge in [0.1, 0.15) is 5.82 Å². The molecular weight excluding hydrogens is 179 g/mol. The number of nitrogens with one attached hydrogen (secondary N) is 1. The van der Waals surface area contributed by atoms with E-state index in [1.807, 2.05) is 12.1 Å². The smallest absolute Gasteiger partial charge is 0.126 e. The van der Waals surface area contributed by atoms with Crippen LogP contribution in [-0.2, 0) is 0 Å². The molecule has 0 aromatic heterocycles. The predicted octanol–water partition coefficient (Wildman–Crippen LogP) is 2.05. The molecule has 0 amide bonds. The highest BCUT2D eigenvalue weighted by Crippen LogP contribution is 2.40. The average Bonchev–Trinajstić information content (AvgIpc) is 2.96. The van der Waals surface area contributed by atoms with Gasteiger partial charge in [-0.3, -0.25) is 11.3 Å². The van der Waals surface area contributed by atoms with E-state index in [-0.39, 0.29) is 11.9 Å². The summed E-state index contributed by atoms with van der Waals surface area (Å²) >= 11 is 0. The Kier molecular flexibility index (Phi) is 2.52. The molecule has 0 aliphatic heterocycles. The second-order valence-corrected chi connectivity index (χ2v) is 3.99. The average molecular weight is 194 g/mol. The van der Waals surface area contributed by atoms with E-state index in [0.717, 1.165) is 5.56 Å². The van der Waals surface area contributed by atoms with Crippen molar-refractivity contribution in [2.75, 3.05) is 0 Å². The van der Waals surface area contributed by atoms with Crippen LogP contribution < -0.4 is 11.3 Å². The molecule has 2 nitrogen and oxygen atoms in total. The van der Waals surface area contributed by atoms with E-state index in [2.05, 4.69) is 5.43 Å². The van der Waals surface area contributed by atoms with Gasteiger partial charge in [-0.2, -0.15) is 0 Å². The van der Waals surface area contributed by atoms with Crippen molar-refractivity contribution in [3.05, 3.63) is 35.1 Å². The molecule has 0 radical (unpaired) electrons. The van der Waals surface area contributed by atoms with Gasteiger partial charge in [0.2, 0.25) is 0 Å². The van der Waals surface area contributed by atoms with Crippen LogP contribution in [0.25, 0.3) is 0 Å². The van der Waals surface area contributed by atoms with Crippen molar-refractivity contribution in [3.63, 3.8) is 0 Å². The topological polar surface area (TPSA) is 38.0 Å². The molecule has 0 bridgehead atoms. The third-order valence-corrected chi connectivity index (χ3v) is 2.81. The third kappa shape index (κ3) is 1.79. The minimum Gasteiger partial charge on any atom is -0.271 e. The van der Waals surface area contributed by atoms with Gasteiger partial charge in [-0.05, 0) is 42.9 Å². The fourth-order valence-corrected chi connectivity index (χ4v) is 1.80. The van der Waals surface area contributed by atoms with Crippen LogP contribution >= 0.6 is 0 Å². The number of halogens is 1. The molecule has 1 aromatic rings. The summed E-state index contributed by atoms with van der Waals surface area (Å²) in [6, 6.07) is 5.38. The molecule has 0 saturated heterocycles. The summed E-state index contributed by atoms with van der Waals surface area (Å²) < 4.78 is 13.0. The van der Waals surface area contributed by atoms with E-state index in [1.54, 1.807) is 6.92 Å². The van der Waals surface area contributed by atoms with Gasteiger partial charge in [-0.1, -0.05) is 12.1 Å². The van der Waals surface area contributed by atoms with Gasteiger partial charge >= 0.3 is 0 Å². The molecule has 0 spiro atoms. The summed E-state index contributed by atoms with van der Waals surface area (Å²) in [5.74, 6) is 5.97. The zero-order chi connectivity index (χ0) is 10.1. The number of hydrazine groups is 1. The highest BCUT2D eigenvalue weighted by atomic mass is 19.1. The molecular formula is C11H15FN2. The highest BCUT2D eigenvalue weighted by Gasteiger charge is 2.31. The largest absolute Gasteiger partial charge is 0.271 e. The molecule has 3 heteroatoms. The van der Waals surface area contributed by atoms with Crippen LogP contribution in [0.2, 0.25) is 0 Å². The summed E-state index contributed by atoms with van der Waals surface area (Å²) in [7, 11) is 0. The van der Waals surface area contributed by atoms with Crippen molar-refractivity contribution in [2.24, 2.45) is 11.8 Å². The quantitative estimate of drug-likeness (QED) is 0.571. The standard InChI is InChI=1S/C11H15FN2/c1-7-6-9(4-5-10(7)12)11(14-13)8-2-3-8/h4-6,8,11,14H,2-3,13H2,1H3. The molecule has 1 aliphatic carbocycles. The number of hydrogen-bond donors (Lipinski definition) is 2. The first kappa shape index (κ1) is 9.62. The van der Waals surface area contributed by atoms with Crippen LogP contribution in [0.1, 0.15) is 30.0 Å². The number of nitrogens with two attached hydrogens (primary N) is 1. The lowest BCUT2D eigenvalue weighted by atomic mass is 10.0. The Hall–Kier alpha value is -0.930. The molecule has 1 saturated carbocycles. The Morgan fingerprint density at radius 2 is 2.21 bits per heavy atom. The van der Waals surface area contributed by atoms with Gasteiger partial charge in [0, 0.05) is 6.04 Å². The zero-order valence-electron chi connectivity index (χ0n) is 8.26. The fraction of sp³-hybridized carbons (Fsp3) is 0.455. The van der Waals surface area contributed by atoms with Gasteiger partial charge < -0.3 is 0 Å². The van der Waals surface area contributed by atoms with Gasteiger partial charge in [0.15, 0.2) is 0 Å². The van der Waals surface area contributed by atoms with Crippen LogP contribution in [0.5, 0.6) is 0 Å². The van der Waals surface area contributed by atoms with Crippen LogP contribution in [0.15, 0.2) is 18.2 Å². The van der Waals surface area contributed by atoms with Crippen LogP contribution in [0.4, 0.5) is 4.39 Å². The Labute approximate surface area is 83.3 Å². The summed E-state index contributed by atoms with van der Waals surface area (Å²) in [5.41, 5.74) is 4.58. The molecule has 76 valence electrons. The van der Waals surface area contributed by atoms with Crippen LogP contribution in [0.3, 0.4) is 0 Å². The molecule has 0 heterocycles. The Morgan fingerprint density at radius 3 is 2.71 bits per heavy atom. The maximum atomic E-state index is 13.0. The van der Waals surface area contributed by atoms with Gasteiger partial charge in [-0.15, -0.1) is 0 Å². The predicted molar refractivity (Wildman–Crippen MR) is 53.9 cm³/mol. The maximum absolute atomic E-state index is 13.0. The first-order valence-corrected chi connectivity index (χ1v) is 4.94. The van der Waals surface area contributed by atoms with Crippen molar-refractivity contribution in [1.82, 2.24) is 5.43 Å². The highest BCUT2D eigenvalue weighted by molar-refractivity contribution is 5.27. The third-order valence-electron chi connectivity index (χ3n) is 2.81. The Bertz CT molecular complexity index is 334. The van der Waals surface area contributed by atoms with Crippen LogP contribution in [0, 0.1) is 18.7 Å². The second-order valence-electron chi connectivity index (χ2n) is 3.99. The van der Waals surface area contributed by atoms with E-state index >= 15 is 0 Å². The monoisotopic (exact) mass is 194 g/mol. The molecule has 3 N–H and O–H groups in total. The summed E-state index contributed by atoms with van der Waals surface area (Å²) in [4.78, 5) is 0. The van der Waals surface area contributed by atoms with Crippen molar-refractivity contribution in [2.45, 2.75) is 25.8 Å². The Morgan fingerprint density at radius 1 is 1.50 bits per heavy atom. The van der Waals surface area contributed by atoms with E-state index in [4.69, 9.17) is 5.84 Å². The molecule has 14 heavy (non-hydrogen) atoms. The minimum atomic E-state index is -0.152. The molecule has 1 aromatic carbocycles. The minimum absolute atomic E-state index is 0.152. The first-order valence-electron chi connectivity index (χ1n) is 4.94. The molecule has 1 fully saturated rings. The number of benzene rings is 1. The lowest BCUT2D eigenvalue weighted by Gasteiger charge is -2.15. The van der Waals surface area contributed by atoms with Crippen LogP contribution in [-0.4, -0.2) is 0 Å². The second kappa shape index (κ2) is 3.67. The first-order chi connectivity index (χ1) is 6.72. The van der Waals surface area contributed by atoms with Gasteiger partial charge in [0.05, 0.1) is 0 Å². The molecule has 1 atom stereocenters. The van der Waals surface area contributed by atoms with Crippen molar-refractivity contribution < 1.29 is 4.39 Å². The fourth-order valence-electron chi connectivity index (χ4n) is 1.80. The summed E-state index contributed by atoms with van der Waals surface area (Å²) in [6.45, 7) is 1.78. The van der Waals surface area contributed by atoms with Gasteiger partial charge in [-0.25, -0.2) is 4.39 Å². The normalized spacial score (nSPS) is 18.2. The van der Waals surface area contributed by atoms with Crippen molar-refractivity contribution in [3.8, 4) is 0 Å². The lowest BCUT2D eigenvalue weighted by Crippen LogP contribution is -2.29. The summed E-state index contributed by atoms with van der Waals surface area (Å²) in [6.07, 6.45) is 2.43. The molecule has 2 rings (SSSR count). The number of hydrogen-bond acceptors (Lipinski definition) is 2. The SMILES string of the molecule is Cc1cc(C(NN)C2CC2)ccc1F. The van der Waals surface area contributed by atoms with Crippen molar-refractivity contribution in [1.29, 1.82) is 0 Å². The Balaban J connectivity index is 2.25.